The summed E-state index contributed by atoms with van der Waals surface area (Å²) in [6.45, 7) is 7.36. The molecule has 0 amide bonds. The zero-order valence-electron chi connectivity index (χ0n) is 19.2. The number of hydrogen-bond acceptors (Lipinski definition) is 10. The molecule has 1 aliphatic heterocycles. The fraction of sp³-hybridized carbons (Fsp3) is 0.391. The van der Waals surface area contributed by atoms with Gasteiger partial charge in [0.2, 0.25) is 12.7 Å². The van der Waals surface area contributed by atoms with Crippen LogP contribution in [-0.4, -0.2) is 44.4 Å². The summed E-state index contributed by atoms with van der Waals surface area (Å²) in [6, 6.07) is 3.82. The fourth-order valence-corrected chi connectivity index (χ4v) is 4.80. The number of unbranched alkanes of at least 4 members (excludes halogenated alkanes) is 1. The molecule has 4 heterocycles. The quantitative estimate of drug-likeness (QED) is 0.321. The first-order valence-electron chi connectivity index (χ1n) is 11.3. The van der Waals surface area contributed by atoms with Crippen LogP contribution in [0, 0.1) is 5.92 Å². The van der Waals surface area contributed by atoms with E-state index in [0.29, 0.717) is 34.6 Å². The molecule has 0 saturated heterocycles. The molecular formula is C23H27N7O3S. The van der Waals surface area contributed by atoms with Gasteiger partial charge in [-0.25, -0.2) is 19.9 Å². The lowest BCUT2D eigenvalue weighted by atomic mass is 10.2. The Morgan fingerprint density at radius 3 is 2.79 bits per heavy atom. The summed E-state index contributed by atoms with van der Waals surface area (Å²) in [5.74, 6) is 2.84. The molecule has 5 rings (SSSR count). The van der Waals surface area contributed by atoms with Gasteiger partial charge in [-0.2, -0.15) is 0 Å². The van der Waals surface area contributed by atoms with Gasteiger partial charge in [-0.3, -0.25) is 0 Å². The number of hydrogen-bond donors (Lipinski definition) is 2. The number of nitrogens with two attached hydrogens (primary N) is 1. The van der Waals surface area contributed by atoms with Crippen LogP contribution in [0.5, 0.6) is 11.5 Å². The number of ether oxygens (including phenoxy) is 2. The normalized spacial score (nSPS) is 12.8. The zero-order chi connectivity index (χ0) is 23.5. The lowest BCUT2D eigenvalue weighted by Gasteiger charge is -2.11. The molecule has 1 aliphatic rings. The zero-order valence-corrected chi connectivity index (χ0v) is 20.0. The predicted octanol–water partition coefficient (Wildman–Crippen LogP) is 3.97. The van der Waals surface area contributed by atoms with E-state index in [-0.39, 0.29) is 6.79 Å². The molecule has 3 aromatic heterocycles. The third-order valence-electron chi connectivity index (χ3n) is 5.40. The summed E-state index contributed by atoms with van der Waals surface area (Å²) in [5, 5.41) is 4.26. The van der Waals surface area contributed by atoms with Crippen molar-refractivity contribution in [2.75, 3.05) is 25.6 Å². The van der Waals surface area contributed by atoms with Crippen molar-refractivity contribution in [2.45, 2.75) is 43.3 Å². The molecule has 1 aromatic carbocycles. The largest absolute Gasteiger partial charge is 0.454 e. The number of rotatable bonds is 10. The van der Waals surface area contributed by atoms with Crippen LogP contribution >= 0.6 is 11.8 Å². The van der Waals surface area contributed by atoms with Crippen LogP contribution in [0.3, 0.4) is 0 Å². The van der Waals surface area contributed by atoms with Gasteiger partial charge in [0, 0.05) is 11.4 Å². The van der Waals surface area contributed by atoms with Crippen LogP contribution in [0.2, 0.25) is 0 Å². The first-order valence-corrected chi connectivity index (χ1v) is 12.1. The van der Waals surface area contributed by atoms with Crippen LogP contribution in [-0.2, 0) is 6.54 Å². The van der Waals surface area contributed by atoms with Crippen LogP contribution in [0.4, 0.5) is 5.82 Å². The Kier molecular flexibility index (Phi) is 6.54. The highest BCUT2D eigenvalue weighted by molar-refractivity contribution is 7.99. The maximum atomic E-state index is 6.13. The second-order valence-corrected chi connectivity index (χ2v) is 9.43. The highest BCUT2D eigenvalue weighted by Crippen LogP contribution is 2.44. The van der Waals surface area contributed by atoms with Gasteiger partial charge in [0.05, 0.1) is 11.8 Å². The number of nitrogens with one attached hydrogen (secondary N) is 1. The summed E-state index contributed by atoms with van der Waals surface area (Å²) in [4.78, 5) is 18.6. The number of nitrogens with zero attached hydrogens (tertiary/aromatic N) is 5. The van der Waals surface area contributed by atoms with Gasteiger partial charge in [-0.15, -0.1) is 0 Å². The Bertz CT molecular complexity index is 1270. The Morgan fingerprint density at radius 1 is 1.15 bits per heavy atom. The van der Waals surface area contributed by atoms with Crippen molar-refractivity contribution >= 4 is 28.7 Å². The summed E-state index contributed by atoms with van der Waals surface area (Å²) >= 11 is 1.49. The fourth-order valence-electron chi connectivity index (χ4n) is 3.75. The van der Waals surface area contributed by atoms with Crippen molar-refractivity contribution in [3.05, 3.63) is 30.9 Å². The Balaban J connectivity index is 1.45. The SMILES string of the molecule is CC(C)CNCCCCn1c(Sc2cc3c(cc2-c2ncco2)OCO3)nc2c(N)ncnc21. The smallest absolute Gasteiger partial charge is 0.231 e. The van der Waals surface area contributed by atoms with Crippen LogP contribution in [0.25, 0.3) is 22.6 Å². The van der Waals surface area contributed by atoms with Gasteiger partial charge in [0.25, 0.3) is 0 Å². The van der Waals surface area contributed by atoms with Gasteiger partial charge in [-0.05, 0) is 44.0 Å². The minimum absolute atomic E-state index is 0.184. The first-order chi connectivity index (χ1) is 16.6. The average Bonchev–Trinajstić information content (AvgIpc) is 3.56. The molecule has 4 aromatic rings. The second kappa shape index (κ2) is 9.90. The van der Waals surface area contributed by atoms with Gasteiger partial charge < -0.3 is 29.5 Å². The summed E-state index contributed by atoms with van der Waals surface area (Å²) < 4.78 is 18.9. The third-order valence-corrected chi connectivity index (χ3v) is 6.45. The van der Waals surface area contributed by atoms with Crippen molar-refractivity contribution in [1.29, 1.82) is 0 Å². The van der Waals surface area contributed by atoms with Gasteiger partial charge in [-0.1, -0.05) is 25.6 Å². The Morgan fingerprint density at radius 2 is 2.00 bits per heavy atom. The number of oxazole rings is 1. The van der Waals surface area contributed by atoms with Crippen molar-refractivity contribution in [2.24, 2.45) is 5.92 Å². The van der Waals surface area contributed by atoms with Gasteiger partial charge in [0.1, 0.15) is 12.6 Å². The molecule has 0 unspecified atom stereocenters. The average molecular weight is 482 g/mol. The van der Waals surface area contributed by atoms with E-state index >= 15 is 0 Å². The topological polar surface area (TPSA) is 126 Å². The molecular weight excluding hydrogens is 454 g/mol. The minimum atomic E-state index is 0.184. The lowest BCUT2D eigenvalue weighted by Crippen LogP contribution is -2.21. The molecule has 0 bridgehead atoms. The molecule has 178 valence electrons. The summed E-state index contributed by atoms with van der Waals surface area (Å²) in [5.41, 5.74) is 8.25. The number of nitrogen functional groups attached to an aromatic ring is 1. The monoisotopic (exact) mass is 481 g/mol. The van der Waals surface area contributed by atoms with E-state index in [2.05, 4.69) is 38.7 Å². The molecule has 0 atom stereocenters. The van der Waals surface area contributed by atoms with Gasteiger partial charge in [0.15, 0.2) is 33.6 Å². The van der Waals surface area contributed by atoms with E-state index in [9.17, 15) is 0 Å². The number of benzene rings is 1. The molecule has 3 N–H and O–H groups in total. The van der Waals surface area contributed by atoms with Crippen LogP contribution < -0.4 is 20.5 Å². The van der Waals surface area contributed by atoms with E-state index in [1.165, 1.54) is 18.1 Å². The standard InChI is InChI=1S/C23H27N7O3S/c1-14(2)11-25-5-3-4-7-30-21-19(20(24)27-12-28-21)29-23(30)34-18-10-17-16(32-13-33-17)9-15(18)22-26-6-8-31-22/h6,8-10,12,14,25H,3-5,7,11,13H2,1-2H3,(H2,24,27,28). The molecule has 0 saturated carbocycles. The highest BCUT2D eigenvalue weighted by atomic mass is 32.2. The van der Waals surface area contributed by atoms with Crippen LogP contribution in [0.1, 0.15) is 26.7 Å². The van der Waals surface area contributed by atoms with E-state index in [1.807, 2.05) is 12.1 Å². The van der Waals surface area contributed by atoms with Crippen molar-refractivity contribution < 1.29 is 13.9 Å². The van der Waals surface area contributed by atoms with E-state index in [1.54, 1.807) is 12.5 Å². The first kappa shape index (κ1) is 22.5. The van der Waals surface area contributed by atoms with E-state index in [4.69, 9.17) is 24.6 Å². The minimum Gasteiger partial charge on any atom is -0.454 e. The molecule has 10 nitrogen and oxygen atoms in total. The molecule has 0 aliphatic carbocycles. The predicted molar refractivity (Wildman–Crippen MR) is 129 cm³/mol. The summed E-state index contributed by atoms with van der Waals surface area (Å²) in [7, 11) is 0. The highest BCUT2D eigenvalue weighted by Gasteiger charge is 2.23. The van der Waals surface area contributed by atoms with E-state index in [0.717, 1.165) is 53.7 Å². The number of aryl methyl sites for hydroxylation is 1. The number of aromatic nitrogens is 5. The number of anilines is 1. The van der Waals surface area contributed by atoms with Crippen molar-refractivity contribution in [1.82, 2.24) is 29.8 Å². The maximum Gasteiger partial charge on any atom is 0.231 e. The molecule has 11 heteroatoms. The molecule has 0 spiro atoms. The van der Waals surface area contributed by atoms with Crippen molar-refractivity contribution in [3.8, 4) is 23.0 Å². The molecule has 0 fully saturated rings. The van der Waals surface area contributed by atoms with Crippen molar-refractivity contribution in [3.63, 3.8) is 0 Å². The molecule has 0 radical (unpaired) electrons. The second-order valence-electron chi connectivity index (χ2n) is 8.42. The van der Waals surface area contributed by atoms with Gasteiger partial charge >= 0.3 is 0 Å². The maximum absolute atomic E-state index is 6.13. The third kappa shape index (κ3) is 4.66. The van der Waals surface area contributed by atoms with E-state index < -0.39 is 0 Å². The summed E-state index contributed by atoms with van der Waals surface area (Å²) in [6.07, 6.45) is 6.66. The Hall–Kier alpha value is -3.31. The van der Waals surface area contributed by atoms with Crippen LogP contribution in [0.15, 0.2) is 45.4 Å². The lowest BCUT2D eigenvalue weighted by molar-refractivity contribution is 0.174. The number of imidazole rings is 1. The Labute approximate surface area is 201 Å². The number of fused-ring (bicyclic) bond motifs is 2. The molecule has 34 heavy (non-hydrogen) atoms.